The summed E-state index contributed by atoms with van der Waals surface area (Å²) in [6, 6.07) is 3.54. The van der Waals surface area contributed by atoms with Crippen molar-refractivity contribution in [1.29, 1.82) is 0 Å². The number of aromatic nitrogens is 1. The number of rotatable bonds is 0. The highest BCUT2D eigenvalue weighted by Crippen LogP contribution is 2.15. The molecular weight excluding hydrogens is 250 g/mol. The summed E-state index contributed by atoms with van der Waals surface area (Å²) in [5.74, 6) is 0. The average molecular weight is 254 g/mol. The van der Waals surface area contributed by atoms with Gasteiger partial charge in [0.25, 0.3) is 0 Å². The number of anilines is 1. The molecule has 0 saturated carbocycles. The van der Waals surface area contributed by atoms with Gasteiger partial charge in [-0.15, -0.1) is 0 Å². The Bertz CT molecular complexity index is 226. The number of hydrogen-bond donors (Lipinski definition) is 1. The number of nitrogen functional groups attached to an aromatic ring is 1. The van der Waals surface area contributed by atoms with Gasteiger partial charge in [0.2, 0.25) is 0 Å². The molecule has 0 unspecified atom stereocenters. The molecule has 4 heteroatoms. The third kappa shape index (κ3) is 1.69. The average Bonchev–Trinajstić information content (AvgIpc) is 1.80. The molecule has 0 aliphatic carbocycles. The fourth-order valence-electron chi connectivity index (χ4n) is 0.423. The maximum absolute atomic E-state index is 5.57. The van der Waals surface area contributed by atoms with Crippen LogP contribution >= 0.6 is 34.2 Å². The van der Waals surface area contributed by atoms with Gasteiger partial charge < -0.3 is 5.73 Å². The lowest BCUT2D eigenvalue weighted by Gasteiger charge is -1.94. The Hall–Kier alpha value is -0.0300. The van der Waals surface area contributed by atoms with Crippen molar-refractivity contribution < 1.29 is 0 Å². The van der Waals surface area contributed by atoms with Gasteiger partial charge in [-0.2, -0.15) is 0 Å². The van der Waals surface area contributed by atoms with E-state index in [9.17, 15) is 0 Å². The molecule has 0 spiro atoms. The van der Waals surface area contributed by atoms with Crippen molar-refractivity contribution in [2.24, 2.45) is 0 Å². The van der Waals surface area contributed by atoms with Crippen molar-refractivity contribution in [3.63, 3.8) is 0 Å². The Balaban J connectivity index is 3.17. The van der Waals surface area contributed by atoms with E-state index >= 15 is 0 Å². The molecule has 0 amide bonds. The lowest BCUT2D eigenvalue weighted by Crippen LogP contribution is -1.89. The lowest BCUT2D eigenvalue weighted by molar-refractivity contribution is 1.28. The minimum absolute atomic E-state index is 0.377. The molecule has 1 aromatic rings. The lowest BCUT2D eigenvalue weighted by atomic mass is 10.4. The van der Waals surface area contributed by atoms with Gasteiger partial charge in [-0.05, 0) is 34.7 Å². The Morgan fingerprint density at radius 1 is 1.56 bits per heavy atom. The van der Waals surface area contributed by atoms with Gasteiger partial charge in [0.05, 0.1) is 5.69 Å². The van der Waals surface area contributed by atoms with Crippen molar-refractivity contribution in [2.75, 3.05) is 5.73 Å². The second-order valence-electron chi connectivity index (χ2n) is 1.51. The van der Waals surface area contributed by atoms with E-state index < -0.39 is 0 Å². The number of halogens is 2. The van der Waals surface area contributed by atoms with Crippen LogP contribution in [0.3, 0.4) is 0 Å². The summed E-state index contributed by atoms with van der Waals surface area (Å²) in [4.78, 5) is 3.90. The van der Waals surface area contributed by atoms with Gasteiger partial charge in [0, 0.05) is 0 Å². The number of nitrogens with two attached hydrogens (primary N) is 1. The third-order valence-electron chi connectivity index (χ3n) is 0.844. The highest BCUT2D eigenvalue weighted by molar-refractivity contribution is 14.1. The molecule has 1 aromatic heterocycles. The van der Waals surface area contributed by atoms with Crippen molar-refractivity contribution in [1.82, 2.24) is 4.98 Å². The first-order chi connectivity index (χ1) is 4.20. The molecule has 48 valence electrons. The predicted octanol–water partition coefficient (Wildman–Crippen LogP) is 1.92. The van der Waals surface area contributed by atoms with Crippen LogP contribution in [0, 0.1) is 3.70 Å². The fourth-order valence-corrected chi connectivity index (χ4v) is 1.14. The van der Waals surface area contributed by atoms with Crippen LogP contribution < -0.4 is 5.73 Å². The highest BCUT2D eigenvalue weighted by atomic mass is 127. The summed E-state index contributed by atoms with van der Waals surface area (Å²) in [5, 5.41) is 0.377. The maximum Gasteiger partial charge on any atom is 0.153 e. The smallest absolute Gasteiger partial charge is 0.153 e. The first-order valence-corrected chi connectivity index (χ1v) is 3.73. The van der Waals surface area contributed by atoms with E-state index in [1.54, 1.807) is 6.07 Å². The molecule has 0 radical (unpaired) electrons. The topological polar surface area (TPSA) is 38.9 Å². The van der Waals surface area contributed by atoms with Crippen molar-refractivity contribution in [2.45, 2.75) is 0 Å². The molecule has 1 heterocycles. The minimum Gasteiger partial charge on any atom is -0.396 e. The van der Waals surface area contributed by atoms with E-state index in [1.807, 2.05) is 6.07 Å². The van der Waals surface area contributed by atoms with Gasteiger partial charge >= 0.3 is 0 Å². The molecular formula is C5H4ClIN2. The second kappa shape index (κ2) is 2.70. The monoisotopic (exact) mass is 254 g/mol. The zero-order chi connectivity index (χ0) is 6.85. The van der Waals surface area contributed by atoms with Crippen LogP contribution in [0.15, 0.2) is 12.1 Å². The number of pyridine rings is 1. The SMILES string of the molecule is Nc1ccc(I)nc1Cl. The van der Waals surface area contributed by atoms with Crippen molar-refractivity contribution in [3.05, 3.63) is 21.0 Å². The molecule has 0 fully saturated rings. The van der Waals surface area contributed by atoms with Crippen LogP contribution in [-0.4, -0.2) is 4.98 Å². The van der Waals surface area contributed by atoms with E-state index in [2.05, 4.69) is 27.6 Å². The zero-order valence-corrected chi connectivity index (χ0v) is 7.35. The van der Waals surface area contributed by atoms with Gasteiger partial charge in [-0.25, -0.2) is 4.98 Å². The summed E-state index contributed by atoms with van der Waals surface area (Å²) in [6.45, 7) is 0. The first-order valence-electron chi connectivity index (χ1n) is 2.27. The van der Waals surface area contributed by atoms with Gasteiger partial charge in [-0.3, -0.25) is 0 Å². The van der Waals surface area contributed by atoms with Crippen LogP contribution in [0.25, 0.3) is 0 Å². The molecule has 0 saturated heterocycles. The maximum atomic E-state index is 5.57. The Morgan fingerprint density at radius 2 is 2.22 bits per heavy atom. The molecule has 0 aromatic carbocycles. The zero-order valence-electron chi connectivity index (χ0n) is 4.44. The van der Waals surface area contributed by atoms with Crippen LogP contribution in [-0.2, 0) is 0 Å². The predicted molar refractivity (Wildman–Crippen MR) is 46.4 cm³/mol. The van der Waals surface area contributed by atoms with Crippen LogP contribution in [0.1, 0.15) is 0 Å². The van der Waals surface area contributed by atoms with Crippen molar-refractivity contribution in [3.8, 4) is 0 Å². The van der Waals surface area contributed by atoms with Crippen LogP contribution in [0.4, 0.5) is 5.69 Å². The molecule has 0 bridgehead atoms. The van der Waals surface area contributed by atoms with Crippen LogP contribution in [0.5, 0.6) is 0 Å². The molecule has 0 atom stereocenters. The van der Waals surface area contributed by atoms with Crippen molar-refractivity contribution >= 4 is 39.9 Å². The normalized spacial score (nSPS) is 9.56. The Morgan fingerprint density at radius 3 is 2.67 bits per heavy atom. The summed E-state index contributed by atoms with van der Waals surface area (Å²) in [6.07, 6.45) is 0. The summed E-state index contributed by atoms with van der Waals surface area (Å²) in [7, 11) is 0. The van der Waals surface area contributed by atoms with Gasteiger partial charge in [0.15, 0.2) is 5.15 Å². The van der Waals surface area contributed by atoms with E-state index in [0.717, 1.165) is 3.70 Å². The largest absolute Gasteiger partial charge is 0.396 e. The van der Waals surface area contributed by atoms with E-state index in [4.69, 9.17) is 17.3 Å². The third-order valence-corrected chi connectivity index (χ3v) is 1.75. The van der Waals surface area contributed by atoms with Crippen LogP contribution in [0.2, 0.25) is 5.15 Å². The summed E-state index contributed by atoms with van der Waals surface area (Å²) in [5.41, 5.74) is 5.92. The second-order valence-corrected chi connectivity index (χ2v) is 2.98. The first kappa shape index (κ1) is 7.08. The standard InChI is InChI=1S/C5H4ClIN2/c6-5-3(8)1-2-4(7)9-5/h1-2H,8H2. The molecule has 9 heavy (non-hydrogen) atoms. The van der Waals surface area contributed by atoms with E-state index in [-0.39, 0.29) is 0 Å². The Labute approximate surface area is 71.6 Å². The van der Waals surface area contributed by atoms with E-state index in [1.165, 1.54) is 0 Å². The quantitative estimate of drug-likeness (QED) is 0.567. The van der Waals surface area contributed by atoms with Gasteiger partial charge in [0.1, 0.15) is 3.70 Å². The fraction of sp³-hybridized carbons (Fsp3) is 0. The number of nitrogens with zero attached hydrogens (tertiary/aromatic N) is 1. The minimum atomic E-state index is 0.377. The summed E-state index contributed by atoms with van der Waals surface area (Å²) >= 11 is 7.64. The highest BCUT2D eigenvalue weighted by Gasteiger charge is 1.94. The molecule has 0 aliphatic rings. The van der Waals surface area contributed by atoms with Gasteiger partial charge in [-0.1, -0.05) is 11.6 Å². The molecule has 1 rings (SSSR count). The summed E-state index contributed by atoms with van der Waals surface area (Å²) < 4.78 is 0.854. The molecule has 2 N–H and O–H groups in total. The molecule has 2 nitrogen and oxygen atoms in total. The van der Waals surface area contributed by atoms with E-state index in [0.29, 0.717) is 10.8 Å². The Kier molecular flexibility index (Phi) is 2.13. The number of hydrogen-bond acceptors (Lipinski definition) is 2. The molecule has 0 aliphatic heterocycles.